The van der Waals surface area contributed by atoms with Gasteiger partial charge in [0.1, 0.15) is 5.82 Å². The van der Waals surface area contributed by atoms with Crippen LogP contribution in [0.3, 0.4) is 0 Å². The monoisotopic (exact) mass is 358 g/mol. The maximum Gasteiger partial charge on any atom is 0.263 e. The standard InChI is InChI=1S/C18H22N4O2S/c23-17(15-3-1-10-25-15)22-7-2-4-18(13-22)12-21(8-9-24-14-18)16-11-19-5-6-20-16/h1,3,5-6,10-11H,2,4,7-9,12-14H2/t18-/m1/s1. The van der Waals surface area contributed by atoms with Gasteiger partial charge in [0.05, 0.1) is 24.3 Å². The zero-order valence-electron chi connectivity index (χ0n) is 14.1. The third-order valence-corrected chi connectivity index (χ3v) is 5.85. The Morgan fingerprint density at radius 3 is 3.04 bits per heavy atom. The molecule has 2 aromatic heterocycles. The minimum atomic E-state index is -0.0425. The van der Waals surface area contributed by atoms with Gasteiger partial charge < -0.3 is 14.5 Å². The topological polar surface area (TPSA) is 58.6 Å². The zero-order chi connectivity index (χ0) is 17.1. The highest BCUT2D eigenvalue weighted by Gasteiger charge is 2.40. The number of thiophene rings is 1. The molecule has 2 saturated heterocycles. The Morgan fingerprint density at radius 2 is 2.24 bits per heavy atom. The van der Waals surface area contributed by atoms with Crippen molar-refractivity contribution in [1.82, 2.24) is 14.9 Å². The summed E-state index contributed by atoms with van der Waals surface area (Å²) in [7, 11) is 0. The van der Waals surface area contributed by atoms with E-state index in [1.165, 1.54) is 11.3 Å². The molecule has 25 heavy (non-hydrogen) atoms. The summed E-state index contributed by atoms with van der Waals surface area (Å²) in [4.78, 5) is 26.5. The summed E-state index contributed by atoms with van der Waals surface area (Å²) in [6.45, 7) is 4.58. The molecule has 132 valence electrons. The van der Waals surface area contributed by atoms with Gasteiger partial charge in [-0.1, -0.05) is 6.07 Å². The molecule has 4 rings (SSSR count). The van der Waals surface area contributed by atoms with Crippen LogP contribution in [-0.4, -0.2) is 60.2 Å². The van der Waals surface area contributed by atoms with Gasteiger partial charge in [0.2, 0.25) is 0 Å². The van der Waals surface area contributed by atoms with E-state index in [-0.39, 0.29) is 11.3 Å². The molecule has 1 atom stereocenters. The Labute approximate surface area is 151 Å². The molecule has 7 heteroatoms. The van der Waals surface area contributed by atoms with Crippen molar-refractivity contribution in [2.24, 2.45) is 5.41 Å². The fourth-order valence-corrected chi connectivity index (χ4v) is 4.52. The van der Waals surface area contributed by atoms with Crippen LogP contribution < -0.4 is 4.90 Å². The summed E-state index contributed by atoms with van der Waals surface area (Å²) in [5.74, 6) is 1.03. The van der Waals surface area contributed by atoms with Crippen LogP contribution in [0.25, 0.3) is 0 Å². The molecule has 0 bridgehead atoms. The first-order chi connectivity index (χ1) is 12.3. The fourth-order valence-electron chi connectivity index (χ4n) is 3.83. The number of anilines is 1. The maximum atomic E-state index is 12.8. The molecular weight excluding hydrogens is 336 g/mol. The normalized spacial score (nSPS) is 24.3. The summed E-state index contributed by atoms with van der Waals surface area (Å²) in [5, 5.41) is 1.96. The van der Waals surface area contributed by atoms with Gasteiger partial charge in [-0.2, -0.15) is 0 Å². The Morgan fingerprint density at radius 1 is 1.28 bits per heavy atom. The van der Waals surface area contributed by atoms with E-state index < -0.39 is 0 Å². The number of hydrogen-bond donors (Lipinski definition) is 0. The quantitative estimate of drug-likeness (QED) is 0.824. The lowest BCUT2D eigenvalue weighted by molar-refractivity contribution is 0.0137. The van der Waals surface area contributed by atoms with Gasteiger partial charge in [-0.15, -0.1) is 11.3 Å². The molecule has 1 spiro atoms. The SMILES string of the molecule is O=C(c1cccs1)N1CCC[C@]2(COCCN(c3cnccn3)C2)C1. The van der Waals surface area contributed by atoms with Gasteiger partial charge in [-0.25, -0.2) is 4.98 Å². The number of piperidine rings is 1. The fraction of sp³-hybridized carbons (Fsp3) is 0.500. The number of aromatic nitrogens is 2. The van der Waals surface area contributed by atoms with E-state index in [4.69, 9.17) is 4.74 Å². The summed E-state index contributed by atoms with van der Waals surface area (Å²) < 4.78 is 5.93. The second kappa shape index (κ2) is 7.09. The molecule has 0 aliphatic carbocycles. The lowest BCUT2D eigenvalue weighted by Crippen LogP contribution is -2.52. The van der Waals surface area contributed by atoms with Crippen LogP contribution in [0.5, 0.6) is 0 Å². The molecule has 2 fully saturated rings. The van der Waals surface area contributed by atoms with Crippen LogP contribution in [0.2, 0.25) is 0 Å². The Hall–Kier alpha value is -1.99. The molecule has 2 aromatic rings. The smallest absolute Gasteiger partial charge is 0.263 e. The molecule has 1 amide bonds. The van der Waals surface area contributed by atoms with E-state index >= 15 is 0 Å². The Kier molecular flexibility index (Phi) is 4.67. The highest BCUT2D eigenvalue weighted by molar-refractivity contribution is 7.12. The van der Waals surface area contributed by atoms with Crippen molar-refractivity contribution in [2.45, 2.75) is 12.8 Å². The zero-order valence-corrected chi connectivity index (χ0v) is 15.0. The Balaban J connectivity index is 1.53. The number of amides is 1. The second-order valence-electron chi connectivity index (χ2n) is 6.85. The van der Waals surface area contributed by atoms with Crippen molar-refractivity contribution in [3.63, 3.8) is 0 Å². The van der Waals surface area contributed by atoms with Gasteiger partial charge >= 0.3 is 0 Å². The molecule has 6 nitrogen and oxygen atoms in total. The number of carbonyl (C=O) groups excluding carboxylic acids is 1. The van der Waals surface area contributed by atoms with Crippen molar-refractivity contribution >= 4 is 23.1 Å². The average Bonchev–Trinajstić information content (AvgIpc) is 3.12. The first-order valence-electron chi connectivity index (χ1n) is 8.67. The van der Waals surface area contributed by atoms with E-state index in [2.05, 4.69) is 14.9 Å². The third kappa shape index (κ3) is 3.52. The van der Waals surface area contributed by atoms with Crippen LogP contribution in [0.4, 0.5) is 5.82 Å². The van der Waals surface area contributed by atoms with Crippen LogP contribution in [0.15, 0.2) is 36.1 Å². The molecule has 0 unspecified atom stereocenters. The molecule has 0 N–H and O–H groups in total. The van der Waals surface area contributed by atoms with Crippen LogP contribution in [0.1, 0.15) is 22.5 Å². The average molecular weight is 358 g/mol. The van der Waals surface area contributed by atoms with E-state index in [0.29, 0.717) is 13.2 Å². The van der Waals surface area contributed by atoms with E-state index in [1.807, 2.05) is 22.4 Å². The maximum absolute atomic E-state index is 12.8. The van der Waals surface area contributed by atoms with Crippen molar-refractivity contribution in [3.05, 3.63) is 41.0 Å². The van der Waals surface area contributed by atoms with Gasteiger partial charge in [-0.05, 0) is 24.3 Å². The first kappa shape index (κ1) is 16.5. The lowest BCUT2D eigenvalue weighted by Gasteiger charge is -2.43. The molecule has 0 aromatic carbocycles. The van der Waals surface area contributed by atoms with E-state index in [9.17, 15) is 4.79 Å². The van der Waals surface area contributed by atoms with Crippen molar-refractivity contribution in [3.8, 4) is 0 Å². The summed E-state index contributed by atoms with van der Waals surface area (Å²) in [6.07, 6.45) is 7.29. The molecule has 0 saturated carbocycles. The second-order valence-corrected chi connectivity index (χ2v) is 7.79. The van der Waals surface area contributed by atoms with Gasteiger partial charge in [0.25, 0.3) is 5.91 Å². The summed E-state index contributed by atoms with van der Waals surface area (Å²) in [6, 6.07) is 3.84. The predicted octanol–water partition coefficient (Wildman–Crippen LogP) is 2.30. The number of ether oxygens (including phenoxy) is 1. The molecule has 2 aliphatic heterocycles. The van der Waals surface area contributed by atoms with Gasteiger partial charge in [0, 0.05) is 44.0 Å². The van der Waals surface area contributed by atoms with Crippen molar-refractivity contribution < 1.29 is 9.53 Å². The minimum absolute atomic E-state index is 0.0425. The Bertz CT molecular complexity index is 709. The minimum Gasteiger partial charge on any atom is -0.379 e. The van der Waals surface area contributed by atoms with E-state index in [1.54, 1.807) is 18.6 Å². The third-order valence-electron chi connectivity index (χ3n) is 4.99. The lowest BCUT2D eigenvalue weighted by atomic mass is 9.80. The molecule has 2 aliphatic rings. The molecule has 4 heterocycles. The van der Waals surface area contributed by atoms with Crippen molar-refractivity contribution in [2.75, 3.05) is 44.3 Å². The van der Waals surface area contributed by atoms with Crippen LogP contribution in [-0.2, 0) is 4.74 Å². The van der Waals surface area contributed by atoms with E-state index in [0.717, 1.165) is 49.7 Å². The number of nitrogens with zero attached hydrogens (tertiary/aromatic N) is 4. The highest BCUT2D eigenvalue weighted by Crippen LogP contribution is 2.34. The number of likely N-dealkylation sites (tertiary alicyclic amines) is 1. The van der Waals surface area contributed by atoms with Crippen LogP contribution in [0, 0.1) is 5.41 Å². The van der Waals surface area contributed by atoms with Gasteiger partial charge in [0.15, 0.2) is 0 Å². The predicted molar refractivity (Wildman–Crippen MR) is 97.0 cm³/mol. The largest absolute Gasteiger partial charge is 0.379 e. The van der Waals surface area contributed by atoms with Crippen molar-refractivity contribution in [1.29, 1.82) is 0 Å². The van der Waals surface area contributed by atoms with Gasteiger partial charge in [-0.3, -0.25) is 9.78 Å². The number of carbonyl (C=O) groups is 1. The molecular formula is C18H22N4O2S. The first-order valence-corrected chi connectivity index (χ1v) is 9.55. The number of hydrogen-bond acceptors (Lipinski definition) is 6. The summed E-state index contributed by atoms with van der Waals surface area (Å²) >= 11 is 1.51. The van der Waals surface area contributed by atoms with Crippen LogP contribution >= 0.6 is 11.3 Å². The summed E-state index contributed by atoms with van der Waals surface area (Å²) in [5.41, 5.74) is -0.0425. The number of rotatable bonds is 2. The highest BCUT2D eigenvalue weighted by atomic mass is 32.1. The molecule has 0 radical (unpaired) electrons.